The molecule has 110 valence electrons. The maximum absolute atomic E-state index is 5.45. The molecule has 0 aliphatic rings. The second kappa shape index (κ2) is 8.39. The number of rotatable bonds is 9. The summed E-state index contributed by atoms with van der Waals surface area (Å²) in [5.74, 6) is 2.40. The summed E-state index contributed by atoms with van der Waals surface area (Å²) in [5.41, 5.74) is 0. The van der Waals surface area contributed by atoms with Gasteiger partial charge < -0.3 is 9.73 Å². The zero-order chi connectivity index (χ0) is 14.3. The number of nitrogens with one attached hydrogen (secondary N) is 1. The molecule has 1 aromatic rings. The lowest BCUT2D eigenvalue weighted by Gasteiger charge is -2.32. The molecule has 3 nitrogen and oxygen atoms in total. The van der Waals surface area contributed by atoms with Crippen molar-refractivity contribution >= 4 is 0 Å². The lowest BCUT2D eigenvalue weighted by atomic mass is 10.0. The minimum Gasteiger partial charge on any atom is -0.468 e. The van der Waals surface area contributed by atoms with Crippen molar-refractivity contribution in [3.63, 3.8) is 0 Å². The fourth-order valence-electron chi connectivity index (χ4n) is 2.28. The van der Waals surface area contributed by atoms with E-state index in [1.807, 2.05) is 6.07 Å². The molecule has 0 bridgehead atoms. The number of hydrogen-bond acceptors (Lipinski definition) is 3. The van der Waals surface area contributed by atoms with Crippen molar-refractivity contribution in [1.82, 2.24) is 10.2 Å². The monoisotopic (exact) mass is 266 g/mol. The van der Waals surface area contributed by atoms with Crippen molar-refractivity contribution in [3.05, 3.63) is 24.2 Å². The first-order valence-electron chi connectivity index (χ1n) is 7.51. The molecular formula is C16H30N2O. The molecule has 0 spiro atoms. The Morgan fingerprint density at radius 2 is 1.95 bits per heavy atom. The van der Waals surface area contributed by atoms with Gasteiger partial charge in [-0.15, -0.1) is 0 Å². The Morgan fingerprint density at radius 1 is 1.21 bits per heavy atom. The van der Waals surface area contributed by atoms with E-state index in [9.17, 15) is 0 Å². The van der Waals surface area contributed by atoms with Gasteiger partial charge in [0.05, 0.1) is 12.8 Å². The minimum absolute atomic E-state index is 0.551. The first-order valence-corrected chi connectivity index (χ1v) is 7.51. The van der Waals surface area contributed by atoms with Crippen LogP contribution in [0.5, 0.6) is 0 Å². The summed E-state index contributed by atoms with van der Waals surface area (Å²) in [6.45, 7) is 15.5. The quantitative estimate of drug-likeness (QED) is 0.743. The van der Waals surface area contributed by atoms with Gasteiger partial charge in [0.15, 0.2) is 0 Å². The van der Waals surface area contributed by atoms with Gasteiger partial charge in [-0.25, -0.2) is 0 Å². The van der Waals surface area contributed by atoms with Gasteiger partial charge in [0.2, 0.25) is 0 Å². The third-order valence-corrected chi connectivity index (χ3v) is 3.76. The molecule has 0 radical (unpaired) electrons. The zero-order valence-corrected chi connectivity index (χ0v) is 13.1. The maximum atomic E-state index is 5.45. The summed E-state index contributed by atoms with van der Waals surface area (Å²) in [4.78, 5) is 2.47. The maximum Gasteiger partial charge on any atom is 0.117 e. The lowest BCUT2D eigenvalue weighted by Crippen LogP contribution is -2.41. The van der Waals surface area contributed by atoms with Crippen LogP contribution >= 0.6 is 0 Å². The lowest BCUT2D eigenvalue weighted by molar-refractivity contribution is 0.148. The van der Waals surface area contributed by atoms with E-state index in [2.05, 4.69) is 50.9 Å². The van der Waals surface area contributed by atoms with Gasteiger partial charge in [-0.3, -0.25) is 4.90 Å². The van der Waals surface area contributed by atoms with Crippen LogP contribution in [0, 0.1) is 11.8 Å². The summed E-state index contributed by atoms with van der Waals surface area (Å²) >= 11 is 0. The van der Waals surface area contributed by atoms with Crippen LogP contribution in [-0.2, 0) is 6.54 Å². The molecule has 0 fully saturated rings. The predicted molar refractivity (Wildman–Crippen MR) is 81.1 cm³/mol. The molecule has 0 amide bonds. The van der Waals surface area contributed by atoms with Crippen LogP contribution in [0.25, 0.3) is 0 Å². The predicted octanol–water partition coefficient (Wildman–Crippen LogP) is 3.37. The second-order valence-electron chi connectivity index (χ2n) is 5.91. The van der Waals surface area contributed by atoms with Gasteiger partial charge in [-0.1, -0.05) is 27.7 Å². The third kappa shape index (κ3) is 5.79. The van der Waals surface area contributed by atoms with Crippen LogP contribution < -0.4 is 5.32 Å². The molecule has 0 saturated carbocycles. The van der Waals surface area contributed by atoms with Gasteiger partial charge in [-0.2, -0.15) is 0 Å². The molecular weight excluding hydrogens is 236 g/mol. The average Bonchev–Trinajstić information content (AvgIpc) is 2.87. The summed E-state index contributed by atoms with van der Waals surface area (Å²) < 4.78 is 5.45. The molecule has 0 saturated heterocycles. The smallest absolute Gasteiger partial charge is 0.117 e. The molecule has 19 heavy (non-hydrogen) atoms. The topological polar surface area (TPSA) is 28.4 Å². The largest absolute Gasteiger partial charge is 0.468 e. The van der Waals surface area contributed by atoms with E-state index >= 15 is 0 Å². The van der Waals surface area contributed by atoms with Crippen molar-refractivity contribution < 1.29 is 4.42 Å². The van der Waals surface area contributed by atoms with Crippen LogP contribution in [0.4, 0.5) is 0 Å². The fourth-order valence-corrected chi connectivity index (χ4v) is 2.28. The highest BCUT2D eigenvalue weighted by atomic mass is 16.3. The van der Waals surface area contributed by atoms with Crippen molar-refractivity contribution in [3.8, 4) is 0 Å². The zero-order valence-electron chi connectivity index (χ0n) is 13.1. The average molecular weight is 266 g/mol. The molecule has 0 aliphatic carbocycles. The molecule has 3 heteroatoms. The molecule has 2 atom stereocenters. The molecule has 1 heterocycles. The summed E-state index contributed by atoms with van der Waals surface area (Å²) in [6.07, 6.45) is 1.75. The van der Waals surface area contributed by atoms with E-state index in [1.165, 1.54) is 0 Å². The van der Waals surface area contributed by atoms with E-state index in [0.717, 1.165) is 31.9 Å². The molecule has 2 unspecified atom stereocenters. The summed E-state index contributed by atoms with van der Waals surface area (Å²) in [5, 5.41) is 3.55. The normalized spacial score (nSPS) is 15.1. The molecule has 1 rings (SSSR count). The second-order valence-corrected chi connectivity index (χ2v) is 5.91. The highest BCUT2D eigenvalue weighted by Gasteiger charge is 2.19. The Morgan fingerprint density at radius 3 is 2.47 bits per heavy atom. The Labute approximate surface area is 118 Å². The van der Waals surface area contributed by atoms with Crippen molar-refractivity contribution in [2.45, 2.75) is 47.2 Å². The van der Waals surface area contributed by atoms with Crippen molar-refractivity contribution in [1.29, 1.82) is 0 Å². The van der Waals surface area contributed by atoms with Crippen LogP contribution in [0.15, 0.2) is 22.8 Å². The van der Waals surface area contributed by atoms with Gasteiger partial charge in [-0.05, 0) is 50.5 Å². The first-order chi connectivity index (χ1) is 9.04. The fraction of sp³-hybridized carbons (Fsp3) is 0.750. The van der Waals surface area contributed by atoms with Crippen LogP contribution in [-0.4, -0.2) is 30.6 Å². The Hall–Kier alpha value is -0.800. The minimum atomic E-state index is 0.551. The number of hydrogen-bond donors (Lipinski definition) is 1. The molecule has 0 aromatic carbocycles. The Balaban J connectivity index is 2.41. The molecule has 1 aromatic heterocycles. The van der Waals surface area contributed by atoms with Crippen LogP contribution in [0.3, 0.4) is 0 Å². The van der Waals surface area contributed by atoms with E-state index in [1.54, 1.807) is 6.26 Å². The van der Waals surface area contributed by atoms with Crippen LogP contribution in [0.1, 0.15) is 40.4 Å². The van der Waals surface area contributed by atoms with Gasteiger partial charge in [0.25, 0.3) is 0 Å². The Kier molecular flexibility index (Phi) is 7.17. The van der Waals surface area contributed by atoms with Gasteiger partial charge >= 0.3 is 0 Å². The van der Waals surface area contributed by atoms with Crippen molar-refractivity contribution in [2.75, 3.05) is 19.6 Å². The standard InChI is InChI=1S/C16H30N2O/c1-6-18(12-16-8-7-9-19-16)15(5)14(4)11-17-10-13(2)3/h7-9,13-15,17H,6,10-12H2,1-5H3. The SMILES string of the molecule is CCN(Cc1ccco1)C(C)C(C)CNCC(C)C. The Bertz CT molecular complexity index is 321. The van der Waals surface area contributed by atoms with E-state index in [4.69, 9.17) is 4.42 Å². The third-order valence-electron chi connectivity index (χ3n) is 3.76. The highest BCUT2D eigenvalue weighted by Crippen LogP contribution is 2.14. The van der Waals surface area contributed by atoms with Crippen molar-refractivity contribution in [2.24, 2.45) is 11.8 Å². The van der Waals surface area contributed by atoms with E-state index < -0.39 is 0 Å². The molecule has 0 aliphatic heterocycles. The summed E-state index contributed by atoms with van der Waals surface area (Å²) in [7, 11) is 0. The number of nitrogens with zero attached hydrogens (tertiary/aromatic N) is 1. The van der Waals surface area contributed by atoms with Gasteiger partial charge in [0.1, 0.15) is 5.76 Å². The molecule has 1 N–H and O–H groups in total. The van der Waals surface area contributed by atoms with Crippen LogP contribution in [0.2, 0.25) is 0 Å². The summed E-state index contributed by atoms with van der Waals surface area (Å²) in [6, 6.07) is 4.56. The van der Waals surface area contributed by atoms with E-state index in [0.29, 0.717) is 17.9 Å². The number of furan rings is 1. The van der Waals surface area contributed by atoms with Gasteiger partial charge in [0, 0.05) is 6.04 Å². The highest BCUT2D eigenvalue weighted by molar-refractivity contribution is 4.98. The first kappa shape index (κ1) is 16.3. The van der Waals surface area contributed by atoms with E-state index in [-0.39, 0.29) is 0 Å².